The van der Waals surface area contributed by atoms with Gasteiger partial charge in [-0.15, -0.1) is 0 Å². The standard InChI is InChI=1S/C42H50N4O2/c1-39(2,3)33-19-27(20-34(37(33)47)40(4,5)6)25-43-45-31-17-13-15-29(23-31)30-16-14-18-32(24-30)46-44-26-28-21-35(41(7,8)9)38(48)36(22-28)42(10,11)12/h13-26H,1-12H3. The highest BCUT2D eigenvalue weighted by molar-refractivity contribution is 6.12. The number of hydrogen-bond acceptors (Lipinski definition) is 6. The minimum absolute atomic E-state index is 0.0960. The Morgan fingerprint density at radius 3 is 1.02 bits per heavy atom. The molecule has 0 saturated carbocycles. The number of Topliss-reactive ketones (excluding diaryl/α,β-unsaturated/α-hetero) is 2. The molecule has 0 saturated heterocycles. The van der Waals surface area contributed by atoms with Crippen LogP contribution in [0.2, 0.25) is 0 Å². The van der Waals surface area contributed by atoms with Gasteiger partial charge >= 0.3 is 0 Å². The molecule has 0 heterocycles. The molecule has 250 valence electrons. The molecule has 6 nitrogen and oxygen atoms in total. The van der Waals surface area contributed by atoms with E-state index < -0.39 is 0 Å². The van der Waals surface area contributed by atoms with Gasteiger partial charge < -0.3 is 0 Å². The molecule has 0 amide bonds. The normalized spacial score (nSPS) is 16.7. The monoisotopic (exact) mass is 642 g/mol. The second-order valence-electron chi connectivity index (χ2n) is 16.7. The maximum Gasteiger partial charge on any atom is 0.186 e. The fourth-order valence-corrected chi connectivity index (χ4v) is 5.50. The lowest BCUT2D eigenvalue weighted by Gasteiger charge is -2.31. The Morgan fingerprint density at radius 1 is 0.458 bits per heavy atom. The molecule has 0 radical (unpaired) electrons. The molecule has 0 aliphatic heterocycles. The fourth-order valence-electron chi connectivity index (χ4n) is 5.50. The predicted molar refractivity (Wildman–Crippen MR) is 197 cm³/mol. The van der Waals surface area contributed by atoms with Crippen LogP contribution in [0.15, 0.2) is 139 Å². The van der Waals surface area contributed by atoms with Gasteiger partial charge in [0.15, 0.2) is 11.6 Å². The molecule has 2 aliphatic carbocycles. The van der Waals surface area contributed by atoms with E-state index in [1.165, 1.54) is 0 Å². The van der Waals surface area contributed by atoms with Crippen molar-refractivity contribution < 1.29 is 9.59 Å². The third-order valence-corrected chi connectivity index (χ3v) is 8.24. The van der Waals surface area contributed by atoms with Crippen LogP contribution in [-0.2, 0) is 9.59 Å². The van der Waals surface area contributed by atoms with Gasteiger partial charge in [-0.2, -0.15) is 20.5 Å². The van der Waals surface area contributed by atoms with E-state index in [9.17, 15) is 9.59 Å². The van der Waals surface area contributed by atoms with E-state index in [0.717, 1.165) is 44.6 Å². The SMILES string of the molecule is CC(C)(C)C1=CC(=CN=Nc2cccc(-c3cccc(N=NC=C4C=C(C(C)(C)C)C(=O)C(C(C)(C)C)=C4)c3)c2)C=C(C(C)(C)C)C1=O. The molecule has 0 atom stereocenters. The van der Waals surface area contributed by atoms with Crippen molar-refractivity contribution >= 4 is 22.9 Å². The van der Waals surface area contributed by atoms with Crippen LogP contribution >= 0.6 is 0 Å². The average molecular weight is 643 g/mol. The largest absolute Gasteiger partial charge is 0.289 e. The number of allylic oxidation sites excluding steroid dienone is 10. The Bertz CT molecular complexity index is 1650. The van der Waals surface area contributed by atoms with Crippen molar-refractivity contribution in [2.75, 3.05) is 0 Å². The predicted octanol–water partition coefficient (Wildman–Crippen LogP) is 12.3. The van der Waals surface area contributed by atoms with Crippen LogP contribution in [-0.4, -0.2) is 11.6 Å². The molecular formula is C42H50N4O2. The van der Waals surface area contributed by atoms with E-state index in [2.05, 4.69) is 104 Å². The Kier molecular flexibility index (Phi) is 10.2. The minimum Gasteiger partial charge on any atom is -0.289 e. The van der Waals surface area contributed by atoms with Crippen molar-refractivity contribution in [1.82, 2.24) is 0 Å². The maximum absolute atomic E-state index is 13.2. The van der Waals surface area contributed by atoms with Crippen molar-refractivity contribution in [3.05, 3.63) is 119 Å². The first-order chi connectivity index (χ1) is 22.1. The van der Waals surface area contributed by atoms with Gasteiger partial charge in [0, 0.05) is 22.3 Å². The van der Waals surface area contributed by atoms with Gasteiger partial charge in [0.2, 0.25) is 0 Å². The molecule has 0 spiro atoms. The first-order valence-electron chi connectivity index (χ1n) is 16.6. The molecule has 2 aromatic carbocycles. The first-order valence-corrected chi connectivity index (χ1v) is 16.6. The van der Waals surface area contributed by atoms with Crippen molar-refractivity contribution in [1.29, 1.82) is 0 Å². The summed E-state index contributed by atoms with van der Waals surface area (Å²) in [7, 11) is 0. The molecular weight excluding hydrogens is 592 g/mol. The zero-order valence-electron chi connectivity index (χ0n) is 30.7. The summed E-state index contributed by atoms with van der Waals surface area (Å²) in [6.07, 6.45) is 11.1. The lowest BCUT2D eigenvalue weighted by Crippen LogP contribution is -2.27. The van der Waals surface area contributed by atoms with Crippen LogP contribution < -0.4 is 0 Å². The number of hydrogen-bond donors (Lipinski definition) is 0. The van der Waals surface area contributed by atoms with E-state index >= 15 is 0 Å². The number of benzene rings is 2. The van der Waals surface area contributed by atoms with Gasteiger partial charge in [0.1, 0.15) is 0 Å². The Morgan fingerprint density at radius 2 is 0.750 bits per heavy atom. The van der Waals surface area contributed by atoms with Gasteiger partial charge in [-0.05, 0) is 92.5 Å². The highest BCUT2D eigenvalue weighted by atomic mass is 16.1. The summed E-state index contributed by atoms with van der Waals surface area (Å²) in [5.41, 5.74) is 7.05. The summed E-state index contributed by atoms with van der Waals surface area (Å²) < 4.78 is 0. The second-order valence-corrected chi connectivity index (χ2v) is 16.7. The zero-order valence-corrected chi connectivity index (χ0v) is 30.7. The van der Waals surface area contributed by atoms with Crippen molar-refractivity contribution in [2.45, 2.75) is 83.1 Å². The lowest BCUT2D eigenvalue weighted by molar-refractivity contribution is -0.114. The summed E-state index contributed by atoms with van der Waals surface area (Å²) in [5, 5.41) is 17.7. The zero-order chi connectivity index (χ0) is 35.7. The molecule has 2 aliphatic rings. The van der Waals surface area contributed by atoms with E-state index in [4.69, 9.17) is 0 Å². The molecule has 0 unspecified atom stereocenters. The molecule has 0 N–H and O–H groups in total. The van der Waals surface area contributed by atoms with E-state index in [1.54, 1.807) is 12.4 Å². The van der Waals surface area contributed by atoms with Crippen LogP contribution in [0, 0.1) is 21.7 Å². The molecule has 4 rings (SSSR count). The summed E-state index contributed by atoms with van der Waals surface area (Å²) in [5.74, 6) is 0.192. The molecule has 6 heteroatoms. The smallest absolute Gasteiger partial charge is 0.186 e. The van der Waals surface area contributed by atoms with Gasteiger partial charge in [0.25, 0.3) is 0 Å². The minimum atomic E-state index is -0.284. The molecule has 0 aromatic heterocycles. The van der Waals surface area contributed by atoms with E-state index in [-0.39, 0.29) is 33.2 Å². The summed E-state index contributed by atoms with van der Waals surface area (Å²) >= 11 is 0. The van der Waals surface area contributed by atoms with Gasteiger partial charge in [0.05, 0.1) is 23.8 Å². The lowest BCUT2D eigenvalue weighted by atomic mass is 9.72. The number of azo groups is 2. The van der Waals surface area contributed by atoms with Gasteiger partial charge in [-0.25, -0.2) is 0 Å². The Labute approximate surface area is 287 Å². The summed E-state index contributed by atoms with van der Waals surface area (Å²) in [6.45, 7) is 24.7. The van der Waals surface area contributed by atoms with Crippen LogP contribution in [0.25, 0.3) is 11.1 Å². The van der Waals surface area contributed by atoms with Crippen LogP contribution in [0.4, 0.5) is 11.4 Å². The topological polar surface area (TPSA) is 83.6 Å². The van der Waals surface area contributed by atoms with Crippen molar-refractivity contribution in [3.8, 4) is 11.1 Å². The summed E-state index contributed by atoms with van der Waals surface area (Å²) in [4.78, 5) is 26.5. The van der Waals surface area contributed by atoms with E-state index in [1.807, 2.05) is 72.8 Å². The number of nitrogens with zero attached hydrogens (tertiary/aromatic N) is 4. The highest BCUT2D eigenvalue weighted by Gasteiger charge is 2.35. The third-order valence-electron chi connectivity index (χ3n) is 8.24. The maximum atomic E-state index is 13.2. The second kappa shape index (κ2) is 13.5. The molecule has 48 heavy (non-hydrogen) atoms. The molecule has 0 fully saturated rings. The Hall–Kier alpha value is -4.58. The number of ketones is 2. The highest BCUT2D eigenvalue weighted by Crippen LogP contribution is 2.40. The summed E-state index contributed by atoms with van der Waals surface area (Å²) in [6, 6.07) is 15.7. The number of carbonyl (C=O) groups is 2. The van der Waals surface area contributed by atoms with Crippen LogP contribution in [0.1, 0.15) is 83.1 Å². The third kappa shape index (κ3) is 8.85. The number of carbonyl (C=O) groups excluding carboxylic acids is 2. The molecule has 2 aromatic rings. The van der Waals surface area contributed by atoms with Crippen molar-refractivity contribution in [3.63, 3.8) is 0 Å². The van der Waals surface area contributed by atoms with Crippen LogP contribution in [0.5, 0.6) is 0 Å². The van der Waals surface area contributed by atoms with Gasteiger partial charge in [-0.1, -0.05) is 107 Å². The van der Waals surface area contributed by atoms with Gasteiger partial charge in [-0.3, -0.25) is 9.59 Å². The Balaban J connectivity index is 1.58. The quantitative estimate of drug-likeness (QED) is 0.304. The fraction of sp³-hybridized carbons (Fsp3) is 0.381. The first kappa shape index (κ1) is 36.3. The number of rotatable bonds is 5. The van der Waals surface area contributed by atoms with Crippen LogP contribution in [0.3, 0.4) is 0 Å². The van der Waals surface area contributed by atoms with E-state index in [0.29, 0.717) is 11.4 Å². The molecule has 0 bridgehead atoms. The van der Waals surface area contributed by atoms with Crippen molar-refractivity contribution in [2.24, 2.45) is 42.1 Å². The average Bonchev–Trinajstić information content (AvgIpc) is 2.96.